The molecule has 2 heterocycles. The molecular weight excluding hydrogens is 320 g/mol. The Morgan fingerprint density at radius 1 is 1.12 bits per heavy atom. The summed E-state index contributed by atoms with van der Waals surface area (Å²) in [6.45, 7) is 1.39. The summed E-state index contributed by atoms with van der Waals surface area (Å²) in [5, 5.41) is 12.6. The molecule has 1 amide bonds. The lowest BCUT2D eigenvalue weighted by Crippen LogP contribution is -2.54. The summed E-state index contributed by atoms with van der Waals surface area (Å²) < 4.78 is 17.0. The molecule has 2 fully saturated rings. The van der Waals surface area contributed by atoms with Gasteiger partial charge in [-0.05, 0) is 25.0 Å². The number of ether oxygens (including phenoxy) is 3. The first-order valence-electron chi connectivity index (χ1n) is 8.58. The molecule has 25 heavy (non-hydrogen) atoms. The van der Waals surface area contributed by atoms with E-state index in [1.165, 1.54) is 0 Å². The molecule has 0 radical (unpaired) electrons. The number of carbonyl (C=O) groups excluding carboxylic acids is 1. The first-order chi connectivity index (χ1) is 12.1. The summed E-state index contributed by atoms with van der Waals surface area (Å²) in [7, 11) is 0. The van der Waals surface area contributed by atoms with Gasteiger partial charge in [-0.25, -0.2) is 0 Å². The van der Waals surface area contributed by atoms with Crippen molar-refractivity contribution in [3.8, 4) is 11.8 Å². The van der Waals surface area contributed by atoms with E-state index in [9.17, 15) is 10.1 Å². The van der Waals surface area contributed by atoms with Crippen molar-refractivity contribution in [2.75, 3.05) is 19.8 Å². The molecule has 0 unspecified atom stereocenters. The van der Waals surface area contributed by atoms with Gasteiger partial charge < -0.3 is 19.5 Å². The molecule has 1 spiro atoms. The minimum Gasteiger partial charge on any atom is -0.488 e. The Morgan fingerprint density at radius 3 is 2.56 bits per heavy atom. The molecule has 6 nitrogen and oxygen atoms in total. The predicted octanol–water partition coefficient (Wildman–Crippen LogP) is 2.16. The molecule has 1 aromatic carbocycles. The van der Waals surface area contributed by atoms with Crippen LogP contribution in [0.3, 0.4) is 0 Å². The third-order valence-electron chi connectivity index (χ3n) is 5.17. The fraction of sp³-hybridized carbons (Fsp3) is 0.474. The van der Waals surface area contributed by atoms with Crippen LogP contribution in [0.25, 0.3) is 6.08 Å². The maximum absolute atomic E-state index is 12.7. The van der Waals surface area contributed by atoms with Crippen LogP contribution in [0.1, 0.15) is 31.2 Å². The van der Waals surface area contributed by atoms with Gasteiger partial charge in [-0.1, -0.05) is 18.2 Å². The van der Waals surface area contributed by atoms with E-state index in [0.29, 0.717) is 44.5 Å². The highest BCUT2D eigenvalue weighted by atomic mass is 16.7. The van der Waals surface area contributed by atoms with Crippen molar-refractivity contribution < 1.29 is 19.0 Å². The van der Waals surface area contributed by atoms with Gasteiger partial charge in [0.25, 0.3) is 5.91 Å². The van der Waals surface area contributed by atoms with Crippen molar-refractivity contribution in [3.05, 3.63) is 35.4 Å². The van der Waals surface area contributed by atoms with E-state index in [1.807, 2.05) is 30.3 Å². The molecule has 1 saturated heterocycles. The van der Waals surface area contributed by atoms with Gasteiger partial charge in [-0.2, -0.15) is 5.26 Å². The van der Waals surface area contributed by atoms with E-state index in [2.05, 4.69) is 11.4 Å². The van der Waals surface area contributed by atoms with Gasteiger partial charge in [0.15, 0.2) is 5.79 Å². The standard InChI is InChI=1S/C19H20N2O4/c20-13-18(5-7-19(8-6-18)24-9-10-25-19)21-17(22)15-11-14-3-1-2-4-16(14)23-12-15/h1-4,11H,5-10,12H2,(H,21,22). The average molecular weight is 340 g/mol. The van der Waals surface area contributed by atoms with Gasteiger partial charge >= 0.3 is 0 Å². The zero-order chi connectivity index (χ0) is 17.3. The van der Waals surface area contributed by atoms with E-state index in [1.54, 1.807) is 0 Å². The van der Waals surface area contributed by atoms with Gasteiger partial charge in [0.05, 0.1) is 24.9 Å². The highest BCUT2D eigenvalue weighted by Gasteiger charge is 2.47. The van der Waals surface area contributed by atoms with Crippen LogP contribution in [0.15, 0.2) is 29.8 Å². The number of carbonyl (C=O) groups is 1. The molecule has 3 aliphatic rings. The summed E-state index contributed by atoms with van der Waals surface area (Å²) in [5.74, 6) is -0.0403. The van der Waals surface area contributed by atoms with Crippen molar-refractivity contribution in [2.24, 2.45) is 0 Å². The Hall–Kier alpha value is -2.36. The van der Waals surface area contributed by atoms with Gasteiger partial charge in [0.2, 0.25) is 0 Å². The second kappa shape index (κ2) is 6.17. The molecule has 6 heteroatoms. The highest BCUT2D eigenvalue weighted by molar-refractivity contribution is 5.99. The van der Waals surface area contributed by atoms with Crippen LogP contribution < -0.4 is 10.1 Å². The lowest BCUT2D eigenvalue weighted by atomic mass is 9.79. The number of nitriles is 1. The maximum atomic E-state index is 12.7. The van der Waals surface area contributed by atoms with Crippen LogP contribution in [0.4, 0.5) is 0 Å². The molecule has 0 bridgehead atoms. The third-order valence-corrected chi connectivity index (χ3v) is 5.17. The normalized spacial score (nSPS) is 23.1. The van der Waals surface area contributed by atoms with Gasteiger partial charge in [0, 0.05) is 18.4 Å². The van der Waals surface area contributed by atoms with E-state index in [-0.39, 0.29) is 12.5 Å². The minimum atomic E-state index is -0.880. The van der Waals surface area contributed by atoms with Crippen molar-refractivity contribution in [1.29, 1.82) is 5.26 Å². The highest BCUT2D eigenvalue weighted by Crippen LogP contribution is 2.40. The Balaban J connectivity index is 1.47. The van der Waals surface area contributed by atoms with Crippen molar-refractivity contribution in [3.63, 3.8) is 0 Å². The Labute approximate surface area is 146 Å². The number of para-hydroxylation sites is 1. The molecule has 1 saturated carbocycles. The molecular formula is C19H20N2O4. The number of hydrogen-bond acceptors (Lipinski definition) is 5. The first-order valence-corrected chi connectivity index (χ1v) is 8.58. The zero-order valence-electron chi connectivity index (χ0n) is 13.9. The predicted molar refractivity (Wildman–Crippen MR) is 89.5 cm³/mol. The second-order valence-corrected chi connectivity index (χ2v) is 6.75. The van der Waals surface area contributed by atoms with Gasteiger partial charge in [-0.15, -0.1) is 0 Å². The van der Waals surface area contributed by atoms with E-state index in [4.69, 9.17) is 14.2 Å². The van der Waals surface area contributed by atoms with E-state index < -0.39 is 11.3 Å². The SMILES string of the molecule is N#CC1(NC(=O)C2=Cc3ccccc3OC2)CCC2(CC1)OCCO2. The molecule has 4 rings (SSSR count). The molecule has 1 aromatic rings. The van der Waals surface area contributed by atoms with Crippen LogP contribution in [0.2, 0.25) is 0 Å². The van der Waals surface area contributed by atoms with Crippen LogP contribution in [0, 0.1) is 11.3 Å². The number of nitrogens with zero attached hydrogens (tertiary/aromatic N) is 1. The zero-order valence-corrected chi connectivity index (χ0v) is 13.9. The van der Waals surface area contributed by atoms with Crippen LogP contribution in [-0.2, 0) is 14.3 Å². The Kier molecular flexibility index (Phi) is 3.98. The second-order valence-electron chi connectivity index (χ2n) is 6.75. The molecule has 0 atom stereocenters. The molecule has 1 aliphatic carbocycles. The summed E-state index contributed by atoms with van der Waals surface area (Å²) in [4.78, 5) is 12.7. The fourth-order valence-corrected chi connectivity index (χ4v) is 3.65. The topological polar surface area (TPSA) is 80.6 Å². The number of benzene rings is 1. The van der Waals surface area contributed by atoms with Crippen LogP contribution >= 0.6 is 0 Å². The summed E-state index contributed by atoms with van der Waals surface area (Å²) >= 11 is 0. The van der Waals surface area contributed by atoms with Crippen LogP contribution in [0.5, 0.6) is 5.75 Å². The monoisotopic (exact) mass is 340 g/mol. The minimum absolute atomic E-state index is 0.209. The summed E-state index contributed by atoms with van der Waals surface area (Å²) in [6.07, 6.45) is 4.07. The fourth-order valence-electron chi connectivity index (χ4n) is 3.65. The molecule has 2 aliphatic heterocycles. The number of rotatable bonds is 2. The van der Waals surface area contributed by atoms with Crippen molar-refractivity contribution in [2.45, 2.75) is 37.0 Å². The first kappa shape index (κ1) is 16.1. The molecule has 130 valence electrons. The number of amides is 1. The van der Waals surface area contributed by atoms with Crippen LogP contribution in [-0.4, -0.2) is 37.1 Å². The number of nitrogens with one attached hydrogen (secondary N) is 1. The Morgan fingerprint density at radius 2 is 1.84 bits per heavy atom. The number of fused-ring (bicyclic) bond motifs is 1. The average Bonchev–Trinajstić information content (AvgIpc) is 3.12. The van der Waals surface area contributed by atoms with Gasteiger partial charge in [0.1, 0.15) is 17.9 Å². The summed E-state index contributed by atoms with van der Waals surface area (Å²) in [5.41, 5.74) is 0.525. The molecule has 0 aromatic heterocycles. The van der Waals surface area contributed by atoms with Gasteiger partial charge in [-0.3, -0.25) is 4.79 Å². The largest absolute Gasteiger partial charge is 0.488 e. The number of hydrogen-bond donors (Lipinski definition) is 1. The lowest BCUT2D eigenvalue weighted by molar-refractivity contribution is -0.183. The van der Waals surface area contributed by atoms with Crippen molar-refractivity contribution in [1.82, 2.24) is 5.32 Å². The molecule has 1 N–H and O–H groups in total. The van der Waals surface area contributed by atoms with Crippen molar-refractivity contribution >= 4 is 12.0 Å². The quantitative estimate of drug-likeness (QED) is 0.892. The summed E-state index contributed by atoms with van der Waals surface area (Å²) in [6, 6.07) is 9.88. The smallest absolute Gasteiger partial charge is 0.251 e. The van der Waals surface area contributed by atoms with E-state index in [0.717, 1.165) is 11.3 Å². The van der Waals surface area contributed by atoms with E-state index >= 15 is 0 Å². The lowest BCUT2D eigenvalue weighted by Gasteiger charge is -2.40. The maximum Gasteiger partial charge on any atom is 0.251 e. The Bertz CT molecular complexity index is 749. The third kappa shape index (κ3) is 3.01.